The van der Waals surface area contributed by atoms with E-state index in [1.807, 2.05) is 0 Å². The molecular formula is C8H10N2O3. The highest BCUT2D eigenvalue weighted by Gasteiger charge is 2.10. The highest BCUT2D eigenvalue weighted by molar-refractivity contribution is 5.17. The van der Waals surface area contributed by atoms with Crippen molar-refractivity contribution in [2.75, 3.05) is 6.54 Å². The molecule has 1 aromatic heterocycles. The molecule has 1 N–H and O–H groups in total. The summed E-state index contributed by atoms with van der Waals surface area (Å²) >= 11 is 0. The lowest BCUT2D eigenvalue weighted by Gasteiger charge is -1.95. The molecule has 0 aliphatic heterocycles. The van der Waals surface area contributed by atoms with Gasteiger partial charge >= 0.3 is 5.88 Å². The molecule has 0 fully saturated rings. The molecule has 0 aliphatic carbocycles. The van der Waals surface area contributed by atoms with Gasteiger partial charge in [-0.25, -0.2) is 0 Å². The standard InChI is InChI=1S/C8H10N2O3/c1-2-5-9-6-7-3-4-8(13-7)10(11)12/h2-4,9H,1,5-6H2. The van der Waals surface area contributed by atoms with Crippen LogP contribution < -0.4 is 5.32 Å². The van der Waals surface area contributed by atoms with E-state index in [2.05, 4.69) is 11.9 Å². The van der Waals surface area contributed by atoms with Gasteiger partial charge < -0.3 is 9.73 Å². The molecule has 5 nitrogen and oxygen atoms in total. The van der Waals surface area contributed by atoms with E-state index in [0.717, 1.165) is 0 Å². The summed E-state index contributed by atoms with van der Waals surface area (Å²) in [6.45, 7) is 4.64. The van der Waals surface area contributed by atoms with E-state index < -0.39 is 4.92 Å². The third-order valence-electron chi connectivity index (χ3n) is 1.42. The maximum Gasteiger partial charge on any atom is 0.433 e. The molecule has 0 saturated heterocycles. The van der Waals surface area contributed by atoms with Crippen LogP contribution in [-0.4, -0.2) is 11.5 Å². The second-order valence-corrected chi connectivity index (χ2v) is 2.42. The van der Waals surface area contributed by atoms with Crippen LogP contribution in [0, 0.1) is 10.1 Å². The number of nitro groups is 1. The molecule has 1 aromatic rings. The van der Waals surface area contributed by atoms with Crippen molar-refractivity contribution in [2.24, 2.45) is 0 Å². The topological polar surface area (TPSA) is 68.3 Å². The lowest BCUT2D eigenvalue weighted by atomic mass is 10.4. The van der Waals surface area contributed by atoms with Gasteiger partial charge in [0.2, 0.25) is 0 Å². The molecule has 0 atom stereocenters. The first-order chi connectivity index (χ1) is 6.24. The molecule has 70 valence electrons. The Morgan fingerprint density at radius 2 is 2.46 bits per heavy atom. The van der Waals surface area contributed by atoms with Crippen molar-refractivity contribution in [2.45, 2.75) is 6.54 Å². The van der Waals surface area contributed by atoms with Gasteiger partial charge in [-0.3, -0.25) is 10.1 Å². The quantitative estimate of drug-likeness (QED) is 0.324. The first-order valence-corrected chi connectivity index (χ1v) is 3.78. The van der Waals surface area contributed by atoms with E-state index >= 15 is 0 Å². The van der Waals surface area contributed by atoms with Gasteiger partial charge in [0, 0.05) is 6.54 Å². The van der Waals surface area contributed by atoms with Gasteiger partial charge in [-0.1, -0.05) is 6.08 Å². The molecule has 13 heavy (non-hydrogen) atoms. The van der Waals surface area contributed by atoms with E-state index in [9.17, 15) is 10.1 Å². The van der Waals surface area contributed by atoms with Crippen molar-refractivity contribution >= 4 is 5.88 Å². The first-order valence-electron chi connectivity index (χ1n) is 3.78. The fourth-order valence-electron chi connectivity index (χ4n) is 0.857. The smallest absolute Gasteiger partial charge is 0.404 e. The van der Waals surface area contributed by atoms with Gasteiger partial charge in [0.15, 0.2) is 0 Å². The predicted molar refractivity (Wildman–Crippen MR) is 47.3 cm³/mol. The van der Waals surface area contributed by atoms with Crippen LogP contribution >= 0.6 is 0 Å². The Morgan fingerprint density at radius 1 is 1.69 bits per heavy atom. The summed E-state index contributed by atoms with van der Waals surface area (Å²) in [7, 11) is 0. The number of nitrogens with zero attached hydrogens (tertiary/aromatic N) is 1. The van der Waals surface area contributed by atoms with E-state index in [0.29, 0.717) is 18.8 Å². The molecule has 0 saturated carbocycles. The fourth-order valence-corrected chi connectivity index (χ4v) is 0.857. The Bertz CT molecular complexity index is 306. The van der Waals surface area contributed by atoms with Crippen LogP contribution in [0.15, 0.2) is 29.2 Å². The lowest BCUT2D eigenvalue weighted by molar-refractivity contribution is -0.402. The van der Waals surface area contributed by atoms with Crippen molar-refractivity contribution in [3.63, 3.8) is 0 Å². The van der Waals surface area contributed by atoms with Gasteiger partial charge in [-0.2, -0.15) is 0 Å². The molecule has 5 heteroatoms. The molecule has 0 bridgehead atoms. The summed E-state index contributed by atoms with van der Waals surface area (Å²) in [5, 5.41) is 13.2. The molecule has 0 unspecified atom stereocenters. The zero-order valence-electron chi connectivity index (χ0n) is 7.03. The van der Waals surface area contributed by atoms with Gasteiger partial charge in [0.25, 0.3) is 0 Å². The number of nitrogens with one attached hydrogen (secondary N) is 1. The van der Waals surface area contributed by atoms with Crippen LogP contribution in [0.25, 0.3) is 0 Å². The summed E-state index contributed by atoms with van der Waals surface area (Å²) in [6, 6.07) is 2.92. The van der Waals surface area contributed by atoms with Crippen LogP contribution in [0.3, 0.4) is 0 Å². The maximum atomic E-state index is 10.2. The van der Waals surface area contributed by atoms with Crippen LogP contribution in [0.2, 0.25) is 0 Å². The fraction of sp³-hybridized carbons (Fsp3) is 0.250. The number of rotatable bonds is 5. The number of furan rings is 1. The zero-order chi connectivity index (χ0) is 9.68. The number of hydrogen-bond acceptors (Lipinski definition) is 4. The Morgan fingerprint density at radius 3 is 3.00 bits per heavy atom. The molecule has 1 rings (SSSR count). The Hall–Kier alpha value is -1.62. The predicted octanol–water partition coefficient (Wildman–Crippen LogP) is 1.46. The van der Waals surface area contributed by atoms with Crippen molar-refractivity contribution in [3.8, 4) is 0 Å². The summed E-state index contributed by atoms with van der Waals surface area (Å²) in [5.41, 5.74) is 0. The minimum Gasteiger partial charge on any atom is -0.404 e. The maximum absolute atomic E-state index is 10.2. The van der Waals surface area contributed by atoms with Gasteiger partial charge in [-0.05, 0) is 6.07 Å². The van der Waals surface area contributed by atoms with Crippen LogP contribution in [0.5, 0.6) is 0 Å². The van der Waals surface area contributed by atoms with Gasteiger partial charge in [0.05, 0.1) is 12.6 Å². The second-order valence-electron chi connectivity index (χ2n) is 2.42. The third-order valence-corrected chi connectivity index (χ3v) is 1.42. The van der Waals surface area contributed by atoms with Gasteiger partial charge in [0.1, 0.15) is 10.7 Å². The molecule has 0 amide bonds. The average Bonchev–Trinajstić information content (AvgIpc) is 2.53. The molecule has 1 heterocycles. The Kier molecular flexibility index (Phi) is 3.22. The highest BCUT2D eigenvalue weighted by Crippen LogP contribution is 2.14. The van der Waals surface area contributed by atoms with Crippen molar-refractivity contribution in [1.29, 1.82) is 0 Å². The van der Waals surface area contributed by atoms with Crippen molar-refractivity contribution in [3.05, 3.63) is 40.7 Å². The van der Waals surface area contributed by atoms with Crippen LogP contribution in [0.1, 0.15) is 5.76 Å². The molecule has 0 spiro atoms. The summed E-state index contributed by atoms with van der Waals surface area (Å²) in [6.07, 6.45) is 1.71. The molecule has 0 aliphatic rings. The highest BCUT2D eigenvalue weighted by atomic mass is 16.6. The Balaban J connectivity index is 2.49. The summed E-state index contributed by atoms with van der Waals surface area (Å²) < 4.78 is 4.90. The summed E-state index contributed by atoms with van der Waals surface area (Å²) in [4.78, 5) is 9.66. The normalized spacial score (nSPS) is 9.85. The van der Waals surface area contributed by atoms with E-state index in [-0.39, 0.29) is 5.88 Å². The second kappa shape index (κ2) is 4.42. The third kappa shape index (κ3) is 2.72. The van der Waals surface area contributed by atoms with Crippen LogP contribution in [-0.2, 0) is 6.54 Å². The Labute approximate surface area is 75.2 Å². The summed E-state index contributed by atoms with van der Waals surface area (Å²) in [5.74, 6) is 0.323. The zero-order valence-corrected chi connectivity index (χ0v) is 7.03. The minimum absolute atomic E-state index is 0.226. The van der Waals surface area contributed by atoms with Crippen molar-refractivity contribution in [1.82, 2.24) is 5.32 Å². The average molecular weight is 182 g/mol. The molecule has 0 radical (unpaired) electrons. The van der Waals surface area contributed by atoms with Crippen molar-refractivity contribution < 1.29 is 9.34 Å². The lowest BCUT2D eigenvalue weighted by Crippen LogP contribution is -2.11. The van der Waals surface area contributed by atoms with E-state index in [1.165, 1.54) is 6.07 Å². The number of hydrogen-bond donors (Lipinski definition) is 1. The monoisotopic (exact) mass is 182 g/mol. The molecule has 0 aromatic carbocycles. The van der Waals surface area contributed by atoms with E-state index in [4.69, 9.17) is 4.42 Å². The van der Waals surface area contributed by atoms with E-state index in [1.54, 1.807) is 12.1 Å². The minimum atomic E-state index is -0.559. The molecular weight excluding hydrogens is 172 g/mol. The SMILES string of the molecule is C=CCNCc1ccc([N+](=O)[O-])o1. The first kappa shape index (κ1) is 9.47. The largest absolute Gasteiger partial charge is 0.433 e. The van der Waals surface area contributed by atoms with Gasteiger partial charge in [-0.15, -0.1) is 6.58 Å². The van der Waals surface area contributed by atoms with Crippen LogP contribution in [0.4, 0.5) is 5.88 Å².